The van der Waals surface area contributed by atoms with Crippen molar-refractivity contribution in [3.8, 4) is 11.5 Å². The number of rotatable bonds is 3. The molecule has 1 N–H and O–H groups in total. The quantitative estimate of drug-likeness (QED) is 0.765. The van der Waals surface area contributed by atoms with Crippen LogP contribution in [0.25, 0.3) is 0 Å². The zero-order valence-corrected chi connectivity index (χ0v) is 16.6. The molecule has 0 unspecified atom stereocenters. The summed E-state index contributed by atoms with van der Waals surface area (Å²) in [5.74, 6) is 1.46. The smallest absolute Gasteiger partial charge is 0.416 e. The number of urea groups is 1. The fourth-order valence-corrected chi connectivity index (χ4v) is 3.56. The average Bonchev–Trinajstić information content (AvgIpc) is 3.17. The predicted octanol–water partition coefficient (Wildman–Crippen LogP) is 4.44. The topological polar surface area (TPSA) is 54.0 Å². The highest BCUT2D eigenvalue weighted by Gasteiger charge is 2.31. The second kappa shape index (κ2) is 8.23. The minimum absolute atomic E-state index is 0.0535. The van der Waals surface area contributed by atoms with Gasteiger partial charge in [-0.05, 0) is 35.9 Å². The third kappa shape index (κ3) is 4.57. The van der Waals surface area contributed by atoms with Crippen molar-refractivity contribution in [2.24, 2.45) is 0 Å². The number of halogens is 4. The number of amides is 2. The van der Waals surface area contributed by atoms with Gasteiger partial charge in [0.1, 0.15) is 0 Å². The summed E-state index contributed by atoms with van der Waals surface area (Å²) >= 11 is 5.96. The van der Waals surface area contributed by atoms with Crippen molar-refractivity contribution in [1.29, 1.82) is 0 Å². The Hall–Kier alpha value is -2.65. The lowest BCUT2D eigenvalue weighted by molar-refractivity contribution is -0.137. The minimum Gasteiger partial charge on any atom is -0.454 e. The zero-order valence-electron chi connectivity index (χ0n) is 15.8. The molecule has 10 heteroatoms. The molecule has 2 aliphatic rings. The lowest BCUT2D eigenvalue weighted by atomic mass is 10.1. The monoisotopic (exact) mass is 441 g/mol. The Morgan fingerprint density at radius 2 is 1.77 bits per heavy atom. The van der Waals surface area contributed by atoms with E-state index in [1.807, 2.05) is 18.2 Å². The number of ether oxygens (including phenoxy) is 2. The van der Waals surface area contributed by atoms with Crippen LogP contribution in [0.1, 0.15) is 11.1 Å². The first-order valence-electron chi connectivity index (χ1n) is 9.33. The van der Waals surface area contributed by atoms with Crippen LogP contribution in [-0.2, 0) is 12.7 Å². The van der Waals surface area contributed by atoms with Crippen molar-refractivity contribution < 1.29 is 27.4 Å². The number of nitrogens with zero attached hydrogens (tertiary/aromatic N) is 2. The fourth-order valence-electron chi connectivity index (χ4n) is 3.40. The van der Waals surface area contributed by atoms with Gasteiger partial charge in [-0.2, -0.15) is 13.2 Å². The van der Waals surface area contributed by atoms with Crippen molar-refractivity contribution in [3.63, 3.8) is 0 Å². The molecule has 0 spiro atoms. The van der Waals surface area contributed by atoms with Crippen molar-refractivity contribution in [2.75, 3.05) is 38.3 Å². The summed E-state index contributed by atoms with van der Waals surface area (Å²) in [4.78, 5) is 16.3. The number of hydrogen-bond donors (Lipinski definition) is 1. The van der Waals surface area contributed by atoms with E-state index in [2.05, 4.69) is 10.2 Å². The SMILES string of the molecule is O=C(Nc1cc(C(F)(F)F)ccc1Cl)N1CCN(Cc2ccc3c(c2)OCO3)CC1. The van der Waals surface area contributed by atoms with E-state index in [4.69, 9.17) is 21.1 Å². The molecule has 0 radical (unpaired) electrons. The number of fused-ring (bicyclic) bond motifs is 1. The lowest BCUT2D eigenvalue weighted by Gasteiger charge is -2.34. The van der Waals surface area contributed by atoms with Gasteiger partial charge in [0.15, 0.2) is 11.5 Å². The van der Waals surface area contributed by atoms with Crippen LogP contribution in [-0.4, -0.2) is 48.8 Å². The van der Waals surface area contributed by atoms with E-state index >= 15 is 0 Å². The normalized spacial score (nSPS) is 16.6. The standard InChI is InChI=1S/C20H19ClF3N3O3/c21-15-3-2-14(20(22,23)24)10-16(15)25-19(28)27-7-5-26(6-8-27)11-13-1-4-17-18(9-13)30-12-29-17/h1-4,9-10H,5-8,11-12H2,(H,25,28). The number of nitrogens with one attached hydrogen (secondary N) is 1. The van der Waals surface area contributed by atoms with Crippen LogP contribution in [0.15, 0.2) is 36.4 Å². The molecular formula is C20H19ClF3N3O3. The fraction of sp³-hybridized carbons (Fsp3) is 0.350. The lowest BCUT2D eigenvalue weighted by Crippen LogP contribution is -2.49. The van der Waals surface area contributed by atoms with E-state index in [9.17, 15) is 18.0 Å². The zero-order chi connectivity index (χ0) is 21.3. The molecule has 4 rings (SSSR count). The number of piperazine rings is 1. The van der Waals surface area contributed by atoms with Crippen molar-refractivity contribution in [3.05, 3.63) is 52.5 Å². The van der Waals surface area contributed by atoms with Gasteiger partial charge < -0.3 is 19.7 Å². The van der Waals surface area contributed by atoms with Crippen molar-refractivity contribution >= 4 is 23.3 Å². The summed E-state index contributed by atoms with van der Waals surface area (Å²) < 4.78 is 49.4. The summed E-state index contributed by atoms with van der Waals surface area (Å²) in [5, 5.41) is 2.54. The van der Waals surface area contributed by atoms with E-state index in [1.54, 1.807) is 4.90 Å². The van der Waals surface area contributed by atoms with Crippen molar-refractivity contribution in [1.82, 2.24) is 9.80 Å². The number of hydrogen-bond acceptors (Lipinski definition) is 4. The largest absolute Gasteiger partial charge is 0.454 e. The van der Waals surface area contributed by atoms with E-state index in [1.165, 1.54) is 0 Å². The van der Waals surface area contributed by atoms with E-state index in [0.29, 0.717) is 32.7 Å². The molecular weight excluding hydrogens is 423 g/mol. The van der Waals surface area contributed by atoms with E-state index < -0.39 is 17.8 Å². The first-order chi connectivity index (χ1) is 14.3. The summed E-state index contributed by atoms with van der Waals surface area (Å²) in [6.45, 7) is 3.10. The predicted molar refractivity (Wildman–Crippen MR) is 105 cm³/mol. The van der Waals surface area contributed by atoms with E-state index in [-0.39, 0.29) is 17.5 Å². The molecule has 2 aliphatic heterocycles. The first kappa shape index (κ1) is 20.6. The van der Waals surface area contributed by atoms with Gasteiger partial charge in [0.2, 0.25) is 6.79 Å². The Morgan fingerprint density at radius 3 is 2.50 bits per heavy atom. The number of benzene rings is 2. The Labute approximate surface area is 176 Å². The molecule has 0 saturated carbocycles. The minimum atomic E-state index is -4.51. The van der Waals surface area contributed by atoms with Crippen LogP contribution in [0.4, 0.5) is 23.7 Å². The number of carbonyl (C=O) groups excluding carboxylic acids is 1. The van der Waals surface area contributed by atoms with Gasteiger partial charge in [0.25, 0.3) is 0 Å². The summed E-state index contributed by atoms with van der Waals surface area (Å²) in [7, 11) is 0. The van der Waals surface area contributed by atoms with Crippen LogP contribution in [0.2, 0.25) is 5.02 Å². The third-order valence-electron chi connectivity index (χ3n) is 5.04. The maximum Gasteiger partial charge on any atom is 0.416 e. The van der Waals surface area contributed by atoms with Gasteiger partial charge in [-0.15, -0.1) is 0 Å². The van der Waals surface area contributed by atoms with Crippen molar-refractivity contribution in [2.45, 2.75) is 12.7 Å². The maximum atomic E-state index is 12.9. The van der Waals surface area contributed by atoms with Crippen LogP contribution in [0, 0.1) is 0 Å². The molecule has 0 atom stereocenters. The highest BCUT2D eigenvalue weighted by atomic mass is 35.5. The maximum absolute atomic E-state index is 12.9. The summed E-state index contributed by atoms with van der Waals surface area (Å²) in [6, 6.07) is 8.17. The summed E-state index contributed by atoms with van der Waals surface area (Å²) in [5.41, 5.74) is 0.155. The summed E-state index contributed by atoms with van der Waals surface area (Å²) in [6.07, 6.45) is -4.51. The van der Waals surface area contributed by atoms with Gasteiger partial charge in [-0.1, -0.05) is 17.7 Å². The number of carbonyl (C=O) groups is 1. The third-order valence-corrected chi connectivity index (χ3v) is 5.37. The Kier molecular flexibility index (Phi) is 5.66. The van der Waals surface area contributed by atoms with Gasteiger partial charge in [0.05, 0.1) is 16.3 Å². The molecule has 2 heterocycles. The van der Waals surface area contributed by atoms with Crippen LogP contribution in [0.3, 0.4) is 0 Å². The molecule has 160 valence electrons. The molecule has 0 bridgehead atoms. The molecule has 1 saturated heterocycles. The van der Waals surface area contributed by atoms with Crippen LogP contribution >= 0.6 is 11.6 Å². The molecule has 0 aliphatic carbocycles. The molecule has 6 nitrogen and oxygen atoms in total. The Morgan fingerprint density at radius 1 is 1.03 bits per heavy atom. The van der Waals surface area contributed by atoms with Gasteiger partial charge in [0, 0.05) is 32.7 Å². The average molecular weight is 442 g/mol. The second-order valence-electron chi connectivity index (χ2n) is 7.07. The van der Waals surface area contributed by atoms with Crippen LogP contribution in [0.5, 0.6) is 11.5 Å². The van der Waals surface area contributed by atoms with Crippen LogP contribution < -0.4 is 14.8 Å². The molecule has 2 aromatic rings. The highest BCUT2D eigenvalue weighted by molar-refractivity contribution is 6.33. The molecule has 2 aromatic carbocycles. The number of alkyl halides is 3. The second-order valence-corrected chi connectivity index (χ2v) is 7.48. The number of anilines is 1. The Balaban J connectivity index is 1.32. The first-order valence-corrected chi connectivity index (χ1v) is 9.71. The van der Waals surface area contributed by atoms with Gasteiger partial charge in [-0.25, -0.2) is 4.79 Å². The molecule has 30 heavy (non-hydrogen) atoms. The molecule has 2 amide bonds. The Bertz CT molecular complexity index is 947. The molecule has 1 fully saturated rings. The highest BCUT2D eigenvalue weighted by Crippen LogP contribution is 2.34. The van der Waals surface area contributed by atoms with Gasteiger partial charge >= 0.3 is 12.2 Å². The van der Waals surface area contributed by atoms with Gasteiger partial charge in [-0.3, -0.25) is 4.90 Å². The molecule has 0 aromatic heterocycles. The van der Waals surface area contributed by atoms with E-state index in [0.717, 1.165) is 35.3 Å².